The molecule has 3 N–H and O–H groups in total. The van der Waals surface area contributed by atoms with Gasteiger partial charge in [-0.15, -0.1) is 0 Å². The number of hydrogen-bond acceptors (Lipinski definition) is 3. The minimum Gasteiger partial charge on any atom is -0.494 e. The van der Waals surface area contributed by atoms with Gasteiger partial charge in [0.1, 0.15) is 5.75 Å². The zero-order valence-corrected chi connectivity index (χ0v) is 9.49. The van der Waals surface area contributed by atoms with Crippen LogP contribution in [0.5, 0.6) is 5.75 Å². The Morgan fingerprint density at radius 3 is 2.53 bits per heavy atom. The van der Waals surface area contributed by atoms with E-state index >= 15 is 0 Å². The van der Waals surface area contributed by atoms with E-state index in [4.69, 9.17) is 10.5 Å². The molecule has 15 heavy (non-hydrogen) atoms. The van der Waals surface area contributed by atoms with Gasteiger partial charge in [0.15, 0.2) is 0 Å². The van der Waals surface area contributed by atoms with Crippen molar-refractivity contribution >= 4 is 0 Å². The second-order valence-corrected chi connectivity index (χ2v) is 3.50. The van der Waals surface area contributed by atoms with Crippen LogP contribution < -0.4 is 15.8 Å². The quantitative estimate of drug-likeness (QED) is 0.748. The predicted octanol–water partition coefficient (Wildman–Crippen LogP) is 1.69. The second-order valence-electron chi connectivity index (χ2n) is 3.50. The lowest BCUT2D eigenvalue weighted by atomic mass is 10.0. The average Bonchev–Trinajstić information content (AvgIpc) is 2.27. The largest absolute Gasteiger partial charge is 0.494 e. The summed E-state index contributed by atoms with van der Waals surface area (Å²) in [5, 5.41) is 3.10. The number of rotatable bonds is 6. The fourth-order valence-electron chi connectivity index (χ4n) is 1.44. The molecule has 1 unspecified atom stereocenters. The Hall–Kier alpha value is -1.06. The standard InChI is InChI=1S/C12H20N2O/c1-3-15-11-6-4-10(5-7-11)12(13)8-9-14-2/h4-7,12,14H,3,8-9,13H2,1-2H3. The summed E-state index contributed by atoms with van der Waals surface area (Å²) in [4.78, 5) is 0. The first-order valence-electron chi connectivity index (χ1n) is 5.41. The summed E-state index contributed by atoms with van der Waals surface area (Å²) in [5.74, 6) is 0.905. The summed E-state index contributed by atoms with van der Waals surface area (Å²) in [5.41, 5.74) is 7.19. The molecule has 0 fully saturated rings. The lowest BCUT2D eigenvalue weighted by Gasteiger charge is -2.12. The van der Waals surface area contributed by atoms with E-state index in [1.165, 1.54) is 0 Å². The molecule has 84 valence electrons. The number of benzene rings is 1. The highest BCUT2D eigenvalue weighted by atomic mass is 16.5. The van der Waals surface area contributed by atoms with E-state index in [0.717, 1.165) is 24.3 Å². The smallest absolute Gasteiger partial charge is 0.119 e. The van der Waals surface area contributed by atoms with Gasteiger partial charge in [-0.1, -0.05) is 12.1 Å². The van der Waals surface area contributed by atoms with Crippen molar-refractivity contribution in [2.75, 3.05) is 20.2 Å². The van der Waals surface area contributed by atoms with Crippen molar-refractivity contribution in [2.45, 2.75) is 19.4 Å². The lowest BCUT2D eigenvalue weighted by molar-refractivity contribution is 0.340. The Morgan fingerprint density at radius 1 is 1.33 bits per heavy atom. The highest BCUT2D eigenvalue weighted by Crippen LogP contribution is 2.18. The Morgan fingerprint density at radius 2 is 2.00 bits per heavy atom. The third kappa shape index (κ3) is 3.90. The molecule has 0 bridgehead atoms. The van der Waals surface area contributed by atoms with Crippen LogP contribution in [0.3, 0.4) is 0 Å². The van der Waals surface area contributed by atoms with Gasteiger partial charge in [0.25, 0.3) is 0 Å². The molecule has 0 aliphatic carbocycles. The van der Waals surface area contributed by atoms with Crippen LogP contribution in [-0.4, -0.2) is 20.2 Å². The maximum Gasteiger partial charge on any atom is 0.119 e. The van der Waals surface area contributed by atoms with E-state index in [2.05, 4.69) is 5.32 Å². The molecule has 0 amide bonds. The van der Waals surface area contributed by atoms with Gasteiger partial charge in [-0.05, 0) is 44.6 Å². The van der Waals surface area contributed by atoms with Crippen molar-refractivity contribution in [3.05, 3.63) is 29.8 Å². The van der Waals surface area contributed by atoms with E-state index in [1.54, 1.807) is 0 Å². The minimum absolute atomic E-state index is 0.105. The lowest BCUT2D eigenvalue weighted by Crippen LogP contribution is -2.17. The van der Waals surface area contributed by atoms with Crippen LogP contribution in [-0.2, 0) is 0 Å². The molecular weight excluding hydrogens is 188 g/mol. The number of nitrogens with one attached hydrogen (secondary N) is 1. The fourth-order valence-corrected chi connectivity index (χ4v) is 1.44. The number of ether oxygens (including phenoxy) is 1. The third-order valence-corrected chi connectivity index (χ3v) is 2.32. The summed E-state index contributed by atoms with van der Waals surface area (Å²) in [6.45, 7) is 3.62. The third-order valence-electron chi connectivity index (χ3n) is 2.32. The van der Waals surface area contributed by atoms with Gasteiger partial charge < -0.3 is 15.8 Å². The van der Waals surface area contributed by atoms with Crippen LogP contribution in [0, 0.1) is 0 Å². The van der Waals surface area contributed by atoms with Crippen molar-refractivity contribution in [3.8, 4) is 5.75 Å². The molecule has 3 nitrogen and oxygen atoms in total. The van der Waals surface area contributed by atoms with Crippen LogP contribution >= 0.6 is 0 Å². The van der Waals surface area contributed by atoms with Gasteiger partial charge in [0.2, 0.25) is 0 Å². The predicted molar refractivity (Wildman–Crippen MR) is 63.1 cm³/mol. The maximum absolute atomic E-state index is 6.02. The molecule has 0 aromatic heterocycles. The number of hydrogen-bond donors (Lipinski definition) is 2. The van der Waals surface area contributed by atoms with Crippen LogP contribution in [0.25, 0.3) is 0 Å². The van der Waals surface area contributed by atoms with Crippen LogP contribution in [0.4, 0.5) is 0 Å². The van der Waals surface area contributed by atoms with Crippen LogP contribution in [0.1, 0.15) is 24.9 Å². The zero-order chi connectivity index (χ0) is 11.1. The molecule has 1 atom stereocenters. The molecule has 0 aliphatic heterocycles. The molecular formula is C12H20N2O. The Balaban J connectivity index is 2.54. The Labute approximate surface area is 91.6 Å². The molecule has 0 radical (unpaired) electrons. The molecule has 1 aromatic rings. The second kappa shape index (κ2) is 6.43. The van der Waals surface area contributed by atoms with Gasteiger partial charge in [-0.2, -0.15) is 0 Å². The zero-order valence-electron chi connectivity index (χ0n) is 9.49. The number of nitrogens with two attached hydrogens (primary N) is 1. The summed E-state index contributed by atoms with van der Waals surface area (Å²) < 4.78 is 5.37. The van der Waals surface area contributed by atoms with Gasteiger partial charge in [0, 0.05) is 6.04 Å². The minimum atomic E-state index is 0.105. The maximum atomic E-state index is 6.02. The first-order valence-corrected chi connectivity index (χ1v) is 5.41. The van der Waals surface area contributed by atoms with E-state index in [-0.39, 0.29) is 6.04 Å². The van der Waals surface area contributed by atoms with Gasteiger partial charge in [-0.25, -0.2) is 0 Å². The van der Waals surface area contributed by atoms with Gasteiger partial charge in [0.05, 0.1) is 6.61 Å². The van der Waals surface area contributed by atoms with Crippen LogP contribution in [0.15, 0.2) is 24.3 Å². The molecule has 0 aliphatic rings. The molecule has 0 spiro atoms. The van der Waals surface area contributed by atoms with E-state index in [9.17, 15) is 0 Å². The molecule has 0 heterocycles. The van der Waals surface area contributed by atoms with Crippen molar-refractivity contribution in [1.82, 2.24) is 5.32 Å². The Bertz CT molecular complexity index is 271. The summed E-state index contributed by atoms with van der Waals surface area (Å²) in [6, 6.07) is 8.11. The Kier molecular flexibility index (Phi) is 5.15. The van der Waals surface area contributed by atoms with Crippen molar-refractivity contribution in [1.29, 1.82) is 0 Å². The average molecular weight is 208 g/mol. The topological polar surface area (TPSA) is 47.3 Å². The summed E-state index contributed by atoms with van der Waals surface area (Å²) in [6.07, 6.45) is 0.949. The first kappa shape index (κ1) is 12.0. The van der Waals surface area contributed by atoms with Crippen molar-refractivity contribution in [3.63, 3.8) is 0 Å². The normalized spacial score (nSPS) is 12.5. The fraction of sp³-hybridized carbons (Fsp3) is 0.500. The summed E-state index contributed by atoms with van der Waals surface area (Å²) >= 11 is 0. The van der Waals surface area contributed by atoms with E-state index in [0.29, 0.717) is 6.61 Å². The molecule has 0 saturated carbocycles. The van der Waals surface area contributed by atoms with E-state index in [1.807, 2.05) is 38.2 Å². The van der Waals surface area contributed by atoms with Crippen LogP contribution in [0.2, 0.25) is 0 Å². The monoisotopic (exact) mass is 208 g/mol. The molecule has 1 rings (SSSR count). The molecule has 0 saturated heterocycles. The van der Waals surface area contributed by atoms with Crippen molar-refractivity contribution in [2.24, 2.45) is 5.73 Å². The SMILES string of the molecule is CCOc1ccc(C(N)CCNC)cc1. The highest BCUT2D eigenvalue weighted by molar-refractivity contribution is 5.28. The van der Waals surface area contributed by atoms with Gasteiger partial charge >= 0.3 is 0 Å². The molecule has 3 heteroatoms. The summed E-state index contributed by atoms with van der Waals surface area (Å²) in [7, 11) is 1.94. The molecule has 1 aromatic carbocycles. The van der Waals surface area contributed by atoms with E-state index < -0.39 is 0 Å². The first-order chi connectivity index (χ1) is 7.27. The highest BCUT2D eigenvalue weighted by Gasteiger charge is 2.04. The van der Waals surface area contributed by atoms with Crippen molar-refractivity contribution < 1.29 is 4.74 Å². The van der Waals surface area contributed by atoms with Gasteiger partial charge in [-0.3, -0.25) is 0 Å².